The molecule has 0 unspecified atom stereocenters. The first-order valence-electron chi connectivity index (χ1n) is 8.14. The van der Waals surface area contributed by atoms with Crippen molar-refractivity contribution >= 4 is 23.4 Å². The average Bonchev–Trinajstić information content (AvgIpc) is 3.33. The molecule has 1 aromatic rings. The molecule has 1 saturated carbocycles. The zero-order chi connectivity index (χ0) is 16.8. The number of para-hydroxylation sites is 1. The lowest BCUT2D eigenvalue weighted by molar-refractivity contribution is -0.117. The molecule has 1 aromatic carbocycles. The van der Waals surface area contributed by atoms with E-state index in [2.05, 4.69) is 23.2 Å². The van der Waals surface area contributed by atoms with Crippen LogP contribution in [0.25, 0.3) is 0 Å². The number of anilines is 1. The third-order valence-electron chi connectivity index (χ3n) is 4.26. The molecule has 0 aromatic heterocycles. The molecule has 2 atom stereocenters. The van der Waals surface area contributed by atoms with Gasteiger partial charge in [0.1, 0.15) is 0 Å². The van der Waals surface area contributed by atoms with Gasteiger partial charge in [-0.25, -0.2) is 0 Å². The highest BCUT2D eigenvalue weighted by molar-refractivity contribution is 8.00. The molecule has 0 spiro atoms. The predicted molar refractivity (Wildman–Crippen MR) is 95.4 cm³/mol. The summed E-state index contributed by atoms with van der Waals surface area (Å²) in [4.78, 5) is 15.5. The highest BCUT2D eigenvalue weighted by atomic mass is 32.2. The fourth-order valence-electron chi connectivity index (χ4n) is 2.56. The zero-order valence-corrected chi connectivity index (χ0v) is 14.9. The fourth-order valence-corrected chi connectivity index (χ4v) is 3.55. The standard InChI is InChI=1S/C18H25N3OS/c1-13(10-11-19)23-17-7-5-4-6-16(17)20-18(22)12-21(3)14(2)15-8-9-15/h4-7,13-15H,8-10,12H2,1-3H3,(H,20,22)/t13-,14+/m1/s1. The van der Waals surface area contributed by atoms with Gasteiger partial charge in [-0.2, -0.15) is 5.26 Å². The third kappa shape index (κ3) is 5.56. The van der Waals surface area contributed by atoms with E-state index in [1.54, 1.807) is 11.8 Å². The number of likely N-dealkylation sites (N-methyl/N-ethyl adjacent to an activating group) is 1. The molecular weight excluding hydrogens is 306 g/mol. The first kappa shape index (κ1) is 17.8. The average molecular weight is 331 g/mol. The maximum Gasteiger partial charge on any atom is 0.238 e. The molecule has 2 rings (SSSR count). The van der Waals surface area contributed by atoms with Gasteiger partial charge < -0.3 is 5.32 Å². The van der Waals surface area contributed by atoms with Crippen LogP contribution >= 0.6 is 11.8 Å². The summed E-state index contributed by atoms with van der Waals surface area (Å²) in [5, 5.41) is 12.0. The van der Waals surface area contributed by atoms with E-state index in [9.17, 15) is 4.79 Å². The van der Waals surface area contributed by atoms with Crippen molar-refractivity contribution < 1.29 is 4.79 Å². The monoisotopic (exact) mass is 331 g/mol. The van der Waals surface area contributed by atoms with Crippen LogP contribution in [0.3, 0.4) is 0 Å². The van der Waals surface area contributed by atoms with Crippen LogP contribution < -0.4 is 5.32 Å². The summed E-state index contributed by atoms with van der Waals surface area (Å²) in [6.45, 7) is 4.63. The Kier molecular flexibility index (Phi) is 6.49. The van der Waals surface area contributed by atoms with Crippen molar-refractivity contribution in [3.05, 3.63) is 24.3 Å². The van der Waals surface area contributed by atoms with Crippen molar-refractivity contribution in [2.75, 3.05) is 18.9 Å². The van der Waals surface area contributed by atoms with Crippen LogP contribution in [0.1, 0.15) is 33.1 Å². The normalized spacial score (nSPS) is 16.7. The van der Waals surface area contributed by atoms with Crippen LogP contribution in [0.2, 0.25) is 0 Å². The van der Waals surface area contributed by atoms with Crippen molar-refractivity contribution in [1.82, 2.24) is 4.90 Å². The summed E-state index contributed by atoms with van der Waals surface area (Å²) < 4.78 is 0. The molecule has 0 saturated heterocycles. The van der Waals surface area contributed by atoms with Crippen LogP contribution in [0.5, 0.6) is 0 Å². The topological polar surface area (TPSA) is 56.1 Å². The maximum absolute atomic E-state index is 12.3. The fraction of sp³-hybridized carbons (Fsp3) is 0.556. The Morgan fingerprint density at radius 2 is 2.13 bits per heavy atom. The van der Waals surface area contributed by atoms with E-state index in [1.165, 1.54) is 12.8 Å². The molecule has 4 nitrogen and oxygen atoms in total. The summed E-state index contributed by atoms with van der Waals surface area (Å²) in [6, 6.07) is 10.4. The van der Waals surface area contributed by atoms with Crippen molar-refractivity contribution in [3.8, 4) is 6.07 Å². The van der Waals surface area contributed by atoms with E-state index in [-0.39, 0.29) is 11.2 Å². The number of hydrogen-bond acceptors (Lipinski definition) is 4. The molecule has 1 aliphatic rings. The number of nitrogens with one attached hydrogen (secondary N) is 1. The van der Waals surface area contributed by atoms with Gasteiger partial charge in [0.2, 0.25) is 5.91 Å². The number of rotatable bonds is 8. The molecule has 1 fully saturated rings. The summed E-state index contributed by atoms with van der Waals surface area (Å²) in [6.07, 6.45) is 3.06. The van der Waals surface area contributed by atoms with Gasteiger partial charge in [0.15, 0.2) is 0 Å². The van der Waals surface area contributed by atoms with E-state index in [1.807, 2.05) is 38.2 Å². The number of carbonyl (C=O) groups is 1. The summed E-state index contributed by atoms with van der Waals surface area (Å²) in [5.41, 5.74) is 0.833. The van der Waals surface area contributed by atoms with Crippen LogP contribution in [0.15, 0.2) is 29.2 Å². The number of nitriles is 1. The SMILES string of the molecule is C[C@H](CC#N)Sc1ccccc1NC(=O)CN(C)[C@@H](C)C1CC1. The van der Waals surface area contributed by atoms with Crippen molar-refractivity contribution in [3.63, 3.8) is 0 Å². The lowest BCUT2D eigenvalue weighted by Crippen LogP contribution is -2.37. The minimum Gasteiger partial charge on any atom is -0.324 e. The van der Waals surface area contributed by atoms with Crippen LogP contribution in [0.4, 0.5) is 5.69 Å². The van der Waals surface area contributed by atoms with Crippen molar-refractivity contribution in [1.29, 1.82) is 5.26 Å². The molecule has 124 valence electrons. The molecule has 0 heterocycles. The first-order chi connectivity index (χ1) is 11.0. The molecule has 0 aliphatic heterocycles. The molecular formula is C18H25N3OS. The second kappa shape index (κ2) is 8.37. The van der Waals surface area contributed by atoms with E-state index >= 15 is 0 Å². The quantitative estimate of drug-likeness (QED) is 0.737. The van der Waals surface area contributed by atoms with E-state index in [0.29, 0.717) is 19.0 Å². The number of nitrogens with zero attached hydrogens (tertiary/aromatic N) is 2. The summed E-state index contributed by atoms with van der Waals surface area (Å²) in [5.74, 6) is 0.767. The Labute approximate surface area is 143 Å². The number of carbonyl (C=O) groups excluding carboxylic acids is 1. The van der Waals surface area contributed by atoms with Crippen molar-refractivity contribution in [2.24, 2.45) is 5.92 Å². The van der Waals surface area contributed by atoms with Gasteiger partial charge >= 0.3 is 0 Å². The Hall–Kier alpha value is -1.51. The molecule has 5 heteroatoms. The highest BCUT2D eigenvalue weighted by Crippen LogP contribution is 2.35. The summed E-state index contributed by atoms with van der Waals surface area (Å²) >= 11 is 1.63. The molecule has 0 radical (unpaired) electrons. The number of amides is 1. The van der Waals surface area contributed by atoms with Crippen LogP contribution in [-0.2, 0) is 4.79 Å². The Morgan fingerprint density at radius 3 is 2.78 bits per heavy atom. The first-order valence-corrected chi connectivity index (χ1v) is 9.02. The Bertz CT molecular complexity index is 580. The molecule has 1 N–H and O–H groups in total. The van der Waals surface area contributed by atoms with Gasteiger partial charge in [-0.1, -0.05) is 19.1 Å². The van der Waals surface area contributed by atoms with Gasteiger partial charge in [0.25, 0.3) is 0 Å². The van der Waals surface area contributed by atoms with E-state index in [0.717, 1.165) is 16.5 Å². The smallest absolute Gasteiger partial charge is 0.238 e. The second-order valence-corrected chi connectivity index (χ2v) is 7.81. The van der Waals surface area contributed by atoms with Gasteiger partial charge in [0, 0.05) is 22.6 Å². The minimum atomic E-state index is 0.0148. The number of hydrogen-bond donors (Lipinski definition) is 1. The zero-order valence-electron chi connectivity index (χ0n) is 14.1. The summed E-state index contributed by atoms with van der Waals surface area (Å²) in [7, 11) is 2.01. The molecule has 1 aliphatic carbocycles. The third-order valence-corrected chi connectivity index (χ3v) is 5.44. The van der Waals surface area contributed by atoms with Crippen molar-refractivity contribution in [2.45, 2.75) is 49.3 Å². The molecule has 0 bridgehead atoms. The number of benzene rings is 1. The minimum absolute atomic E-state index is 0.0148. The largest absolute Gasteiger partial charge is 0.324 e. The van der Waals surface area contributed by atoms with Gasteiger partial charge in [-0.15, -0.1) is 11.8 Å². The molecule has 23 heavy (non-hydrogen) atoms. The van der Waals surface area contributed by atoms with Crippen LogP contribution in [0, 0.1) is 17.2 Å². The van der Waals surface area contributed by atoms with Gasteiger partial charge in [0.05, 0.1) is 18.3 Å². The van der Waals surface area contributed by atoms with Gasteiger partial charge in [-0.05, 0) is 44.9 Å². The lowest BCUT2D eigenvalue weighted by Gasteiger charge is -2.24. The molecule has 1 amide bonds. The maximum atomic E-state index is 12.3. The van der Waals surface area contributed by atoms with Crippen LogP contribution in [-0.4, -0.2) is 35.7 Å². The highest BCUT2D eigenvalue weighted by Gasteiger charge is 2.31. The van der Waals surface area contributed by atoms with Gasteiger partial charge in [-0.3, -0.25) is 9.69 Å². The van der Waals surface area contributed by atoms with E-state index in [4.69, 9.17) is 5.26 Å². The lowest BCUT2D eigenvalue weighted by atomic mass is 10.2. The predicted octanol–water partition coefficient (Wildman–Crippen LogP) is 3.75. The van der Waals surface area contributed by atoms with E-state index < -0.39 is 0 Å². The Morgan fingerprint density at radius 1 is 1.43 bits per heavy atom. The second-order valence-electron chi connectivity index (χ2n) is 6.33. The number of thioether (sulfide) groups is 1. The Balaban J connectivity index is 1.93.